The van der Waals surface area contributed by atoms with Crippen LogP contribution in [0.1, 0.15) is 0 Å². The van der Waals surface area contributed by atoms with Crippen LogP contribution in [-0.4, -0.2) is 29.9 Å². The summed E-state index contributed by atoms with van der Waals surface area (Å²) in [6.07, 6.45) is 0. The molecule has 22 rings (SSSR count). The van der Waals surface area contributed by atoms with E-state index in [4.69, 9.17) is 38.7 Å². The molecule has 0 saturated carbocycles. The van der Waals surface area contributed by atoms with E-state index < -0.39 is 0 Å². The van der Waals surface area contributed by atoms with Crippen molar-refractivity contribution in [1.82, 2.24) is 29.9 Å². The van der Waals surface area contributed by atoms with E-state index in [0.29, 0.717) is 34.9 Å². The average molecular weight is 1400 g/mol. The van der Waals surface area contributed by atoms with Crippen molar-refractivity contribution in [2.45, 2.75) is 0 Å². The Balaban J connectivity index is 0.664. The van der Waals surface area contributed by atoms with E-state index >= 15 is 0 Å². The van der Waals surface area contributed by atoms with Gasteiger partial charge in [-0.2, -0.15) is 0 Å². The van der Waals surface area contributed by atoms with Gasteiger partial charge in [0, 0.05) is 66.1 Å². The van der Waals surface area contributed by atoms with Gasteiger partial charge in [0.25, 0.3) is 0 Å². The number of aromatic nitrogens is 6. The molecule has 18 aromatic carbocycles. The van der Waals surface area contributed by atoms with E-state index in [2.05, 4.69) is 243 Å². The maximum Gasteiger partial charge on any atom is 0.164 e. The Labute approximate surface area is 631 Å². The Morgan fingerprint density at radius 2 is 0.473 bits per heavy atom. The lowest BCUT2D eigenvalue weighted by Crippen LogP contribution is -2.00. The van der Waals surface area contributed by atoms with Crippen molar-refractivity contribution in [1.29, 1.82) is 0 Å². The molecule has 8 heteroatoms. The first-order chi connectivity index (χ1) is 54.4. The van der Waals surface area contributed by atoms with Gasteiger partial charge >= 0.3 is 0 Å². The van der Waals surface area contributed by atoms with Crippen LogP contribution in [0.4, 0.5) is 0 Å². The third kappa shape index (κ3) is 10.7. The number of hydrogen-bond acceptors (Lipinski definition) is 8. The predicted molar refractivity (Wildman–Crippen MR) is 453 cm³/mol. The Morgan fingerprint density at radius 3 is 1.04 bits per heavy atom. The lowest BCUT2D eigenvalue weighted by atomic mass is 9.89. The van der Waals surface area contributed by atoms with Crippen LogP contribution in [0, 0.1) is 0 Å². The summed E-state index contributed by atoms with van der Waals surface area (Å²) in [5.74, 6) is 3.54. The van der Waals surface area contributed by atoms with E-state index in [1.165, 1.54) is 26.9 Å². The highest BCUT2D eigenvalue weighted by molar-refractivity contribution is 6.19. The molecular formula is C102H60N6O2. The molecule has 0 atom stereocenters. The fourth-order valence-electron chi connectivity index (χ4n) is 16.5. The van der Waals surface area contributed by atoms with E-state index in [9.17, 15) is 0 Å². The lowest BCUT2D eigenvalue weighted by molar-refractivity contribution is 0.670. The number of rotatable bonds is 11. The van der Waals surface area contributed by atoms with Crippen LogP contribution in [0.2, 0.25) is 0 Å². The van der Waals surface area contributed by atoms with Crippen LogP contribution >= 0.6 is 0 Å². The second kappa shape index (κ2) is 25.4. The summed E-state index contributed by atoms with van der Waals surface area (Å²) >= 11 is 0. The monoisotopic (exact) mass is 1400 g/mol. The van der Waals surface area contributed by atoms with E-state index in [-0.39, 0.29) is 0 Å². The quantitative estimate of drug-likeness (QED) is 0.118. The largest absolute Gasteiger partial charge is 0.455 e. The second-order valence-corrected chi connectivity index (χ2v) is 28.4. The molecule has 0 bridgehead atoms. The molecule has 0 fully saturated rings. The van der Waals surface area contributed by atoms with Crippen molar-refractivity contribution in [2.75, 3.05) is 0 Å². The van der Waals surface area contributed by atoms with Crippen molar-refractivity contribution in [3.8, 4) is 124 Å². The first-order valence-electron chi connectivity index (χ1n) is 37.1. The van der Waals surface area contributed by atoms with Gasteiger partial charge in [-0.3, -0.25) is 0 Å². The van der Waals surface area contributed by atoms with E-state index in [1.807, 2.05) is 121 Å². The van der Waals surface area contributed by atoms with E-state index in [0.717, 1.165) is 171 Å². The molecule has 22 aromatic rings. The second-order valence-electron chi connectivity index (χ2n) is 28.4. The minimum absolute atomic E-state index is 0.564. The lowest BCUT2D eigenvalue weighted by Gasteiger charge is -2.15. The van der Waals surface area contributed by atoms with Crippen LogP contribution in [0.3, 0.4) is 0 Å². The molecule has 0 spiro atoms. The predicted octanol–water partition coefficient (Wildman–Crippen LogP) is 27.1. The van der Waals surface area contributed by atoms with E-state index in [1.54, 1.807) is 0 Å². The van der Waals surface area contributed by atoms with Crippen LogP contribution in [-0.2, 0) is 0 Å². The number of benzene rings is 18. The van der Waals surface area contributed by atoms with Crippen LogP contribution < -0.4 is 0 Å². The number of fused-ring (bicyclic) bond motifs is 14. The molecule has 4 aromatic heterocycles. The summed E-state index contributed by atoms with van der Waals surface area (Å²) < 4.78 is 14.4. The minimum Gasteiger partial charge on any atom is -0.455 e. The number of nitrogens with zero attached hydrogens (tertiary/aromatic N) is 6. The molecule has 0 aliphatic carbocycles. The van der Waals surface area contributed by atoms with Crippen molar-refractivity contribution in [2.24, 2.45) is 0 Å². The molecule has 0 aliphatic rings. The summed E-state index contributed by atoms with van der Waals surface area (Å²) in [6.45, 7) is 0. The Kier molecular flexibility index (Phi) is 14.5. The maximum absolute atomic E-state index is 7.23. The standard InChI is InChI=1S/C102H60N6O2/c1-5-22-64(23-6-1)97-103-98(65-24-7-2-8-25-65)106-101(105-97)73-45-50-86-91-57-75(69-43-47-79-71(53-69)40-38-62-21-14-15-32-77(62)79)55-89(95(91)109-93(86)59-73)72-41-39-63-42-49-85-83(36-19-37-84(85)88(63)54-72)81-34-18-31-70-52-68(44-48-80(70)81)76-56-90(82-35-17-30-61-20-13-16-33-78(61)82)96-92(58-76)87-51-46-74(60-94(87)110-96)102-107-99(66-26-9-3-10-27-66)104-100(108-102)67-28-11-4-12-29-67/h1-60H. The van der Waals surface area contributed by atoms with Gasteiger partial charge in [-0.05, 0) is 176 Å². The zero-order chi connectivity index (χ0) is 72.3. The Morgan fingerprint density at radius 1 is 0.145 bits per heavy atom. The normalized spacial score (nSPS) is 11.8. The van der Waals surface area contributed by atoms with Crippen molar-refractivity contribution >= 4 is 109 Å². The van der Waals surface area contributed by atoms with Crippen LogP contribution in [0.15, 0.2) is 373 Å². The molecule has 0 amide bonds. The molecule has 0 radical (unpaired) electrons. The Bertz CT molecular complexity index is 7400. The molecule has 0 saturated heterocycles. The smallest absolute Gasteiger partial charge is 0.164 e. The number of hydrogen-bond donors (Lipinski definition) is 0. The highest BCUT2D eigenvalue weighted by Gasteiger charge is 2.24. The molecule has 8 nitrogen and oxygen atoms in total. The summed E-state index contributed by atoms with van der Waals surface area (Å²) in [5.41, 5.74) is 19.3. The molecule has 110 heavy (non-hydrogen) atoms. The summed E-state index contributed by atoms with van der Waals surface area (Å²) in [7, 11) is 0. The van der Waals surface area contributed by atoms with Gasteiger partial charge < -0.3 is 8.83 Å². The highest BCUT2D eigenvalue weighted by Crippen LogP contribution is 2.47. The average Bonchev–Trinajstić information content (AvgIpc) is 1.51. The van der Waals surface area contributed by atoms with Gasteiger partial charge in [-0.25, -0.2) is 29.9 Å². The zero-order valence-electron chi connectivity index (χ0n) is 59.1. The SMILES string of the molecule is c1ccc(-c2nc(-c3ccccc3)nc(-c3ccc4c(c3)oc3c(-c5ccc6ccc7c(-c8cccc9cc(-c%10cc(-c%11cccc%12ccccc%11%12)c%11oc%12cc(-c%13nc(-c%14ccccc%14)nc(-c%14ccccc%14)n%13)ccc%12c%11c%10)ccc89)cccc7c6c5)cc(-c5ccc6c(ccc7ccccc76)c5)cc34)n2)cc1. The summed E-state index contributed by atoms with van der Waals surface area (Å²) in [5, 5.41) is 18.2. The van der Waals surface area contributed by atoms with Crippen molar-refractivity contribution in [3.05, 3.63) is 364 Å². The zero-order valence-corrected chi connectivity index (χ0v) is 59.1. The molecule has 0 aliphatic heterocycles. The van der Waals surface area contributed by atoms with Crippen molar-refractivity contribution < 1.29 is 8.83 Å². The molecule has 510 valence electrons. The van der Waals surface area contributed by atoms with Gasteiger partial charge in [0.15, 0.2) is 34.9 Å². The Hall–Kier alpha value is -14.9. The molecular weight excluding hydrogens is 1340 g/mol. The molecule has 0 N–H and O–H groups in total. The maximum atomic E-state index is 7.23. The van der Waals surface area contributed by atoms with Crippen LogP contribution in [0.5, 0.6) is 0 Å². The third-order valence-corrected chi connectivity index (χ3v) is 21.9. The van der Waals surface area contributed by atoms with Gasteiger partial charge in [0.05, 0.1) is 0 Å². The minimum atomic E-state index is 0.564. The first kappa shape index (κ1) is 62.5. The fourth-order valence-corrected chi connectivity index (χ4v) is 16.5. The number of furan rings is 2. The van der Waals surface area contributed by atoms with Gasteiger partial charge in [0.2, 0.25) is 0 Å². The van der Waals surface area contributed by atoms with Gasteiger partial charge in [-0.1, -0.05) is 297 Å². The third-order valence-electron chi connectivity index (χ3n) is 21.9. The fraction of sp³-hybridized carbons (Fsp3) is 0. The summed E-state index contributed by atoms with van der Waals surface area (Å²) in [4.78, 5) is 30.4. The highest BCUT2D eigenvalue weighted by atomic mass is 16.3. The molecule has 4 heterocycles. The van der Waals surface area contributed by atoms with Gasteiger partial charge in [-0.15, -0.1) is 0 Å². The van der Waals surface area contributed by atoms with Crippen molar-refractivity contribution in [3.63, 3.8) is 0 Å². The van der Waals surface area contributed by atoms with Crippen LogP contribution in [0.25, 0.3) is 232 Å². The molecule has 0 unspecified atom stereocenters. The first-order valence-corrected chi connectivity index (χ1v) is 37.1. The topological polar surface area (TPSA) is 104 Å². The summed E-state index contributed by atoms with van der Waals surface area (Å²) in [6, 6.07) is 129. The van der Waals surface area contributed by atoms with Gasteiger partial charge in [0.1, 0.15) is 22.3 Å².